The van der Waals surface area contributed by atoms with Crippen molar-refractivity contribution < 1.29 is 16.8 Å². The second-order valence-corrected chi connectivity index (χ2v) is 10.6. The number of aromatic nitrogens is 3. The van der Waals surface area contributed by atoms with Crippen LogP contribution in [-0.4, -0.2) is 42.3 Å². The Morgan fingerprint density at radius 3 is 2.00 bits per heavy atom. The minimum atomic E-state index is -3.60. The van der Waals surface area contributed by atoms with E-state index in [0.29, 0.717) is 5.56 Å². The number of sulfone groups is 2. The van der Waals surface area contributed by atoms with Crippen LogP contribution >= 0.6 is 0 Å². The minimum Gasteiger partial charge on any atom is -0.263 e. The van der Waals surface area contributed by atoms with Crippen LogP contribution in [0.2, 0.25) is 0 Å². The fourth-order valence-corrected chi connectivity index (χ4v) is 4.47. The van der Waals surface area contributed by atoms with Gasteiger partial charge in [0.1, 0.15) is 11.2 Å². The molecule has 2 rings (SSSR count). The second kappa shape index (κ2) is 6.94. The maximum Gasteiger partial charge on any atom is 0.184 e. The lowest BCUT2D eigenvalue weighted by Crippen LogP contribution is -2.21. The van der Waals surface area contributed by atoms with Crippen LogP contribution in [0.15, 0.2) is 47.0 Å². The summed E-state index contributed by atoms with van der Waals surface area (Å²) < 4.78 is 49.4. The summed E-state index contributed by atoms with van der Waals surface area (Å²) in [6.45, 7) is 4.74. The normalized spacial score (nSPS) is 13.8. The highest BCUT2D eigenvalue weighted by Crippen LogP contribution is 2.20. The van der Waals surface area contributed by atoms with E-state index in [-0.39, 0.29) is 16.2 Å². The molecule has 0 aliphatic rings. The summed E-state index contributed by atoms with van der Waals surface area (Å²) in [5.74, 6) is 0. The van der Waals surface area contributed by atoms with Gasteiger partial charge >= 0.3 is 0 Å². The molecule has 0 saturated carbocycles. The molecule has 0 spiro atoms. The Kier molecular flexibility index (Phi) is 5.34. The maximum atomic E-state index is 12.5. The monoisotopic (exact) mass is 369 g/mol. The van der Waals surface area contributed by atoms with Crippen molar-refractivity contribution in [1.82, 2.24) is 15.0 Å². The predicted molar refractivity (Wildman–Crippen MR) is 88.9 cm³/mol. The van der Waals surface area contributed by atoms with E-state index in [1.165, 1.54) is 37.2 Å². The maximum absolute atomic E-state index is 12.5. The molecule has 130 valence electrons. The number of rotatable bonds is 6. The van der Waals surface area contributed by atoms with Crippen molar-refractivity contribution in [2.24, 2.45) is 0 Å². The number of nitrogens with zero attached hydrogens (tertiary/aromatic N) is 3. The van der Waals surface area contributed by atoms with Gasteiger partial charge in [-0.15, -0.1) is 0 Å². The van der Waals surface area contributed by atoms with Gasteiger partial charge in [-0.25, -0.2) is 26.8 Å². The Bertz CT molecular complexity index is 911. The fraction of sp³-hybridized carbons (Fsp3) is 0.400. The topological polar surface area (TPSA) is 107 Å². The van der Waals surface area contributed by atoms with Crippen LogP contribution in [0, 0.1) is 0 Å². The van der Waals surface area contributed by atoms with Gasteiger partial charge in [0, 0.05) is 24.8 Å². The van der Waals surface area contributed by atoms with Gasteiger partial charge < -0.3 is 0 Å². The summed E-state index contributed by atoms with van der Waals surface area (Å²) >= 11 is 0. The Morgan fingerprint density at radius 2 is 1.42 bits per heavy atom. The van der Waals surface area contributed by atoms with Crippen LogP contribution in [0.1, 0.15) is 26.3 Å². The molecular weight excluding hydrogens is 350 g/mol. The van der Waals surface area contributed by atoms with Crippen LogP contribution in [-0.2, 0) is 26.1 Å². The van der Waals surface area contributed by atoms with Crippen LogP contribution in [0.3, 0.4) is 0 Å². The van der Waals surface area contributed by atoms with Crippen molar-refractivity contribution in [3.8, 4) is 0 Å². The average molecular weight is 369 g/mol. The molecule has 1 unspecified atom stereocenters. The molecule has 2 heterocycles. The number of pyridine rings is 1. The molecule has 0 aromatic carbocycles. The fourth-order valence-electron chi connectivity index (χ4n) is 2.11. The Labute approximate surface area is 142 Å². The molecule has 0 aliphatic heterocycles. The van der Waals surface area contributed by atoms with Crippen LogP contribution < -0.4 is 0 Å². The van der Waals surface area contributed by atoms with Crippen molar-refractivity contribution in [3.05, 3.63) is 42.7 Å². The van der Waals surface area contributed by atoms with E-state index in [4.69, 9.17) is 0 Å². The zero-order valence-corrected chi connectivity index (χ0v) is 15.3. The molecular formula is C15H19N3O4S2. The first-order valence-electron chi connectivity index (χ1n) is 7.32. The average Bonchev–Trinajstić information content (AvgIpc) is 2.55. The van der Waals surface area contributed by atoms with Gasteiger partial charge in [0.2, 0.25) is 0 Å². The summed E-state index contributed by atoms with van der Waals surface area (Å²) in [5.41, 5.74) is 0.546. The first-order chi connectivity index (χ1) is 11.2. The van der Waals surface area contributed by atoms with Gasteiger partial charge in [0.15, 0.2) is 19.7 Å². The minimum absolute atomic E-state index is 0.0383. The molecule has 0 aliphatic carbocycles. The molecule has 7 nitrogen and oxygen atoms in total. The van der Waals surface area contributed by atoms with Gasteiger partial charge in [-0.2, -0.15) is 0 Å². The largest absolute Gasteiger partial charge is 0.263 e. The van der Waals surface area contributed by atoms with Crippen molar-refractivity contribution in [1.29, 1.82) is 0 Å². The molecule has 0 amide bonds. The number of hydrogen-bond donors (Lipinski definition) is 0. The quantitative estimate of drug-likeness (QED) is 0.758. The van der Waals surface area contributed by atoms with E-state index < -0.39 is 30.2 Å². The molecule has 0 radical (unpaired) electrons. The van der Waals surface area contributed by atoms with E-state index in [0.717, 1.165) is 0 Å². The molecule has 2 aromatic rings. The first-order valence-corrected chi connectivity index (χ1v) is 10.4. The molecule has 0 fully saturated rings. The highest BCUT2D eigenvalue weighted by atomic mass is 32.2. The summed E-state index contributed by atoms with van der Waals surface area (Å²) in [6.07, 6.45) is 6.66. The van der Waals surface area contributed by atoms with Gasteiger partial charge in [0.25, 0.3) is 0 Å². The molecule has 2 aromatic heterocycles. The lowest BCUT2D eigenvalue weighted by atomic mass is 10.2. The van der Waals surface area contributed by atoms with Crippen molar-refractivity contribution in [2.75, 3.05) is 0 Å². The molecule has 24 heavy (non-hydrogen) atoms. The third kappa shape index (κ3) is 3.78. The highest BCUT2D eigenvalue weighted by Gasteiger charge is 2.25. The summed E-state index contributed by atoms with van der Waals surface area (Å²) in [5, 5.41) is -1.33. The lowest BCUT2D eigenvalue weighted by Gasteiger charge is -2.13. The van der Waals surface area contributed by atoms with Crippen LogP contribution in [0.5, 0.6) is 0 Å². The Morgan fingerprint density at radius 1 is 0.833 bits per heavy atom. The third-order valence-electron chi connectivity index (χ3n) is 3.64. The van der Waals surface area contributed by atoms with Crippen LogP contribution in [0.4, 0.5) is 0 Å². The van der Waals surface area contributed by atoms with Crippen LogP contribution in [0.25, 0.3) is 0 Å². The SMILES string of the molecule is CC(C)S(=O)(=O)c1cncc(CC(C)S(=O)(=O)c2cncnc2)c1. The zero-order valence-electron chi connectivity index (χ0n) is 13.6. The lowest BCUT2D eigenvalue weighted by molar-refractivity contribution is 0.581. The van der Waals surface area contributed by atoms with Gasteiger partial charge in [-0.05, 0) is 38.8 Å². The molecule has 0 bridgehead atoms. The Balaban J connectivity index is 2.29. The smallest absolute Gasteiger partial charge is 0.184 e. The second-order valence-electron chi connectivity index (χ2n) is 5.76. The van der Waals surface area contributed by atoms with E-state index in [9.17, 15) is 16.8 Å². The standard InChI is InChI=1S/C15H19N3O4S2/c1-11(2)23(19,20)14-5-13(6-16-7-14)4-12(3)24(21,22)15-8-17-10-18-9-15/h5-12H,4H2,1-3H3. The number of hydrogen-bond acceptors (Lipinski definition) is 7. The van der Waals surface area contributed by atoms with E-state index in [1.807, 2.05) is 0 Å². The predicted octanol–water partition coefficient (Wildman–Crippen LogP) is 1.46. The van der Waals surface area contributed by atoms with Gasteiger partial charge in [-0.1, -0.05) is 0 Å². The van der Waals surface area contributed by atoms with E-state index in [1.54, 1.807) is 20.8 Å². The summed E-state index contributed by atoms with van der Waals surface area (Å²) in [6, 6.07) is 1.48. The Hall–Kier alpha value is -1.87. The molecule has 0 saturated heterocycles. The van der Waals surface area contributed by atoms with Gasteiger partial charge in [-0.3, -0.25) is 4.98 Å². The first kappa shape index (κ1) is 18.5. The van der Waals surface area contributed by atoms with E-state index in [2.05, 4.69) is 15.0 Å². The van der Waals surface area contributed by atoms with E-state index >= 15 is 0 Å². The highest BCUT2D eigenvalue weighted by molar-refractivity contribution is 7.92. The third-order valence-corrected chi connectivity index (χ3v) is 7.85. The van der Waals surface area contributed by atoms with Crippen molar-refractivity contribution in [3.63, 3.8) is 0 Å². The summed E-state index contributed by atoms with van der Waals surface area (Å²) in [4.78, 5) is 11.5. The molecule has 9 heteroatoms. The summed E-state index contributed by atoms with van der Waals surface area (Å²) in [7, 11) is -7.06. The zero-order chi connectivity index (χ0) is 18.0. The van der Waals surface area contributed by atoms with Gasteiger partial charge in [0.05, 0.1) is 15.4 Å². The molecule has 1 atom stereocenters. The molecule has 0 N–H and O–H groups in total. The van der Waals surface area contributed by atoms with Crippen molar-refractivity contribution >= 4 is 19.7 Å². The van der Waals surface area contributed by atoms with Crippen molar-refractivity contribution in [2.45, 2.75) is 47.5 Å².